The maximum Gasteiger partial charge on any atom is 0.434 e. The van der Waals surface area contributed by atoms with E-state index in [1.807, 2.05) is 0 Å². The lowest BCUT2D eigenvalue weighted by Crippen LogP contribution is -2.41. The number of H-pyrrole nitrogens is 1. The largest absolute Gasteiger partial charge is 0.474 e. The second kappa shape index (κ2) is 12.5. The summed E-state index contributed by atoms with van der Waals surface area (Å²) < 4.78 is 52.0. The average molecular weight is 619 g/mol. The maximum absolute atomic E-state index is 13.5. The quantitative estimate of drug-likeness (QED) is 0.247. The van der Waals surface area contributed by atoms with Gasteiger partial charge in [-0.05, 0) is 45.7 Å². The molecule has 1 aliphatic rings. The molecule has 3 N–H and O–H groups in total. The number of likely N-dealkylation sites (tertiary alicyclic amines) is 1. The number of aromatic nitrogens is 5. The molecule has 0 spiro atoms. The molecule has 0 aromatic carbocycles. The first-order valence-electron chi connectivity index (χ1n) is 13.6. The summed E-state index contributed by atoms with van der Waals surface area (Å²) in [5.74, 6) is -0.489. The zero-order valence-electron chi connectivity index (χ0n) is 23.5. The highest BCUT2D eigenvalue weighted by Gasteiger charge is 2.34. The number of carbonyl (C=O) groups is 1. The highest BCUT2D eigenvalue weighted by atomic mass is 32.1. The molecule has 4 aromatic rings. The van der Waals surface area contributed by atoms with Gasteiger partial charge in [0, 0.05) is 60.1 Å². The van der Waals surface area contributed by atoms with E-state index >= 15 is 0 Å². The summed E-state index contributed by atoms with van der Waals surface area (Å²) in [5, 5.41) is 12.2. The number of carbonyl (C=O) groups excluding carboxylic acids is 1. The SMILES string of the molecule is CCNC(=O)Nc1cc(-c2nc(C(F)(F)F)cs2)c(-c2cc(-c3n[nH]c(=O)o3)cnc2OC2CCN(C(C)C)CC2)cn1. The number of amides is 2. The van der Waals surface area contributed by atoms with E-state index in [1.54, 1.807) is 13.0 Å². The number of urea groups is 1. The highest BCUT2D eigenvalue weighted by Crippen LogP contribution is 2.42. The van der Waals surface area contributed by atoms with Crippen molar-refractivity contribution >= 4 is 23.2 Å². The van der Waals surface area contributed by atoms with Crippen molar-refractivity contribution in [3.8, 4) is 39.0 Å². The van der Waals surface area contributed by atoms with Crippen LogP contribution in [-0.2, 0) is 6.18 Å². The molecule has 5 heterocycles. The number of halogens is 3. The van der Waals surface area contributed by atoms with Crippen molar-refractivity contribution in [3.05, 3.63) is 46.2 Å². The number of nitrogens with one attached hydrogen (secondary N) is 3. The van der Waals surface area contributed by atoms with Gasteiger partial charge in [0.15, 0.2) is 5.69 Å². The second-order valence-electron chi connectivity index (χ2n) is 10.1. The molecule has 2 amide bonds. The standard InChI is InChI=1S/C27H29F3N8O4S/c1-4-31-25(39)35-21-10-18(24-34-20(13-43-24)27(28,29)30)19(12-32-21)17-9-15(22-36-37-26(40)42-22)11-33-23(17)41-16-5-7-38(8-6-16)14(2)3/h9-14,16H,4-8H2,1-3H3,(H,37,40)(H2,31,32,35,39). The molecule has 0 saturated carbocycles. The van der Waals surface area contributed by atoms with Crippen molar-refractivity contribution < 1.29 is 27.1 Å². The Labute approximate surface area is 247 Å². The molecule has 1 aliphatic heterocycles. The third-order valence-electron chi connectivity index (χ3n) is 6.82. The smallest absolute Gasteiger partial charge is 0.434 e. The number of hydrogen-bond donors (Lipinski definition) is 3. The monoisotopic (exact) mass is 618 g/mol. The molecule has 0 aliphatic carbocycles. The minimum absolute atomic E-state index is 0.0341. The van der Waals surface area contributed by atoms with Crippen molar-refractivity contribution in [2.24, 2.45) is 0 Å². The van der Waals surface area contributed by atoms with Crippen molar-refractivity contribution in [3.63, 3.8) is 0 Å². The minimum atomic E-state index is -4.65. The van der Waals surface area contributed by atoms with Crippen LogP contribution < -0.4 is 21.1 Å². The number of anilines is 1. The van der Waals surface area contributed by atoms with E-state index < -0.39 is 23.7 Å². The fourth-order valence-corrected chi connectivity index (χ4v) is 5.50. The van der Waals surface area contributed by atoms with Crippen LogP contribution in [0, 0.1) is 0 Å². The lowest BCUT2D eigenvalue weighted by molar-refractivity contribution is -0.140. The zero-order valence-corrected chi connectivity index (χ0v) is 24.3. The Kier molecular flexibility index (Phi) is 8.77. The number of alkyl halides is 3. The van der Waals surface area contributed by atoms with Gasteiger partial charge in [0.1, 0.15) is 16.9 Å². The van der Waals surface area contributed by atoms with Crippen molar-refractivity contribution in [1.29, 1.82) is 0 Å². The first-order chi connectivity index (χ1) is 20.5. The lowest BCUT2D eigenvalue weighted by Gasteiger charge is -2.34. The predicted octanol–water partition coefficient (Wildman–Crippen LogP) is 5.02. The summed E-state index contributed by atoms with van der Waals surface area (Å²) in [6.07, 6.45) is -0.482. The van der Waals surface area contributed by atoms with E-state index in [4.69, 9.17) is 9.15 Å². The van der Waals surface area contributed by atoms with Crippen molar-refractivity contribution in [2.75, 3.05) is 25.0 Å². The third-order valence-corrected chi connectivity index (χ3v) is 7.70. The number of nitrogens with zero attached hydrogens (tertiary/aromatic N) is 5. The summed E-state index contributed by atoms with van der Waals surface area (Å²) in [7, 11) is 0. The van der Waals surface area contributed by atoms with Gasteiger partial charge < -0.3 is 19.4 Å². The van der Waals surface area contributed by atoms with Crippen LogP contribution in [0.15, 0.2) is 39.1 Å². The molecule has 12 nitrogen and oxygen atoms in total. The Balaban J connectivity index is 1.61. The van der Waals surface area contributed by atoms with Gasteiger partial charge in [-0.1, -0.05) is 0 Å². The number of hydrogen-bond acceptors (Lipinski definition) is 10. The molecule has 16 heteroatoms. The van der Waals surface area contributed by atoms with E-state index in [9.17, 15) is 22.8 Å². The number of piperidine rings is 1. The Morgan fingerprint density at radius 2 is 1.95 bits per heavy atom. The Bertz CT molecular complexity index is 1640. The van der Waals surface area contributed by atoms with Crippen LogP contribution in [0.1, 0.15) is 39.3 Å². The average Bonchev–Trinajstić information content (AvgIpc) is 3.64. The molecule has 1 fully saturated rings. The fraction of sp³-hybridized carbons (Fsp3) is 0.407. The van der Waals surface area contributed by atoms with Gasteiger partial charge in [-0.2, -0.15) is 13.2 Å². The van der Waals surface area contributed by atoms with Crippen LogP contribution in [0.5, 0.6) is 5.88 Å². The molecule has 0 bridgehead atoms. The first-order valence-corrected chi connectivity index (χ1v) is 14.4. The molecule has 4 aromatic heterocycles. The van der Waals surface area contributed by atoms with Crippen LogP contribution in [0.4, 0.5) is 23.8 Å². The zero-order chi connectivity index (χ0) is 30.7. The summed E-state index contributed by atoms with van der Waals surface area (Å²) in [5.41, 5.74) is 0.230. The molecule has 43 heavy (non-hydrogen) atoms. The van der Waals surface area contributed by atoms with E-state index in [0.29, 0.717) is 29.3 Å². The van der Waals surface area contributed by atoms with Crippen LogP contribution in [-0.4, -0.2) is 67.9 Å². The molecule has 0 atom stereocenters. The van der Waals surface area contributed by atoms with Gasteiger partial charge in [-0.3, -0.25) is 5.32 Å². The van der Waals surface area contributed by atoms with Crippen LogP contribution in [0.2, 0.25) is 0 Å². The van der Waals surface area contributed by atoms with E-state index in [2.05, 4.69) is 54.5 Å². The van der Waals surface area contributed by atoms with Crippen LogP contribution in [0.3, 0.4) is 0 Å². The summed E-state index contributed by atoms with van der Waals surface area (Å²) in [6, 6.07) is 2.92. The molecule has 5 rings (SSSR count). The van der Waals surface area contributed by atoms with E-state index in [1.165, 1.54) is 18.5 Å². The Morgan fingerprint density at radius 3 is 2.58 bits per heavy atom. The third kappa shape index (κ3) is 7.02. The van der Waals surface area contributed by atoms with Crippen LogP contribution in [0.25, 0.3) is 33.2 Å². The fourth-order valence-electron chi connectivity index (χ4n) is 4.64. The maximum atomic E-state index is 13.5. The number of pyridine rings is 2. The van der Waals surface area contributed by atoms with Crippen molar-refractivity contribution in [1.82, 2.24) is 35.4 Å². The number of thiazole rings is 1. The molecule has 0 unspecified atom stereocenters. The van der Waals surface area contributed by atoms with Crippen molar-refractivity contribution in [2.45, 2.75) is 51.9 Å². The topological polar surface area (TPSA) is 151 Å². The number of aromatic amines is 1. The molecule has 0 radical (unpaired) electrons. The lowest BCUT2D eigenvalue weighted by atomic mass is 10.0. The molecular formula is C27H29F3N8O4S. The Morgan fingerprint density at radius 1 is 1.19 bits per heavy atom. The van der Waals surface area contributed by atoms with E-state index in [-0.39, 0.29) is 34.3 Å². The first kappa shape index (κ1) is 30.2. The Hall–Kier alpha value is -4.31. The van der Waals surface area contributed by atoms with Gasteiger partial charge in [0.25, 0.3) is 5.89 Å². The molecule has 228 valence electrons. The van der Waals surface area contributed by atoms with Crippen LogP contribution >= 0.6 is 11.3 Å². The van der Waals surface area contributed by atoms with E-state index in [0.717, 1.165) is 42.6 Å². The van der Waals surface area contributed by atoms with Gasteiger partial charge in [-0.25, -0.2) is 29.6 Å². The summed E-state index contributed by atoms with van der Waals surface area (Å²) in [6.45, 7) is 8.03. The number of ether oxygens (including phenoxy) is 1. The predicted molar refractivity (Wildman–Crippen MR) is 153 cm³/mol. The van der Waals surface area contributed by atoms with Gasteiger partial charge in [0.2, 0.25) is 5.88 Å². The normalized spacial score (nSPS) is 14.7. The van der Waals surface area contributed by atoms with Gasteiger partial charge in [0.05, 0.1) is 5.56 Å². The summed E-state index contributed by atoms with van der Waals surface area (Å²) >= 11 is 0.793. The second-order valence-corrected chi connectivity index (χ2v) is 10.9. The molecular weight excluding hydrogens is 589 g/mol. The van der Waals surface area contributed by atoms with Gasteiger partial charge >= 0.3 is 18.0 Å². The number of rotatable bonds is 8. The van der Waals surface area contributed by atoms with Gasteiger partial charge in [-0.15, -0.1) is 16.4 Å². The summed E-state index contributed by atoms with van der Waals surface area (Å²) in [4.78, 5) is 38.9. The molecule has 1 saturated heterocycles. The highest BCUT2D eigenvalue weighted by molar-refractivity contribution is 7.13. The minimum Gasteiger partial charge on any atom is -0.474 e.